The van der Waals surface area contributed by atoms with Crippen molar-refractivity contribution in [1.29, 1.82) is 0 Å². The molecule has 78 valence electrons. The zero-order chi connectivity index (χ0) is 10.6. The Morgan fingerprint density at radius 2 is 2.29 bits per heavy atom. The van der Waals surface area contributed by atoms with Crippen LogP contribution in [0.2, 0.25) is 0 Å². The fourth-order valence-corrected chi connectivity index (χ4v) is 1.41. The van der Waals surface area contributed by atoms with Gasteiger partial charge in [-0.15, -0.1) is 0 Å². The first-order valence-corrected chi connectivity index (χ1v) is 5.65. The van der Waals surface area contributed by atoms with Crippen LogP contribution in [0.3, 0.4) is 0 Å². The predicted octanol–water partition coefficient (Wildman–Crippen LogP) is 0.224. The van der Waals surface area contributed by atoms with Gasteiger partial charge in [0.2, 0.25) is 5.91 Å². The van der Waals surface area contributed by atoms with E-state index in [9.17, 15) is 13.2 Å². The minimum Gasteiger partial charge on any atom is -0.340 e. The van der Waals surface area contributed by atoms with Gasteiger partial charge in [-0.25, -0.2) is 0 Å². The van der Waals surface area contributed by atoms with Gasteiger partial charge < -0.3 is 5.32 Å². The van der Waals surface area contributed by atoms with Crippen LogP contribution in [0.5, 0.6) is 0 Å². The quantitative estimate of drug-likeness (QED) is 0.660. The summed E-state index contributed by atoms with van der Waals surface area (Å²) in [6.07, 6.45) is 6.45. The molecule has 0 heterocycles. The first kappa shape index (κ1) is 10.9. The van der Waals surface area contributed by atoms with E-state index < -0.39 is 21.9 Å². The Balaban J connectivity index is 2.30. The van der Waals surface area contributed by atoms with E-state index in [2.05, 4.69) is 5.32 Å². The Morgan fingerprint density at radius 3 is 2.79 bits per heavy atom. The van der Waals surface area contributed by atoms with Gasteiger partial charge in [0.05, 0.1) is 0 Å². The number of rotatable bonds is 4. The maximum Gasteiger partial charge on any atom is 0.283 e. The van der Waals surface area contributed by atoms with Crippen LogP contribution in [0.25, 0.3) is 0 Å². The minimum atomic E-state index is -4.12. The molecule has 0 atom stereocenters. The summed E-state index contributed by atoms with van der Waals surface area (Å²) in [5.41, 5.74) is 0.929. The fraction of sp³-hybridized carbons (Fsp3) is 0.375. The van der Waals surface area contributed by atoms with Crippen molar-refractivity contribution < 1.29 is 17.8 Å². The van der Waals surface area contributed by atoms with Crippen molar-refractivity contribution in [3.8, 4) is 0 Å². The molecule has 0 aromatic rings. The third-order valence-electron chi connectivity index (χ3n) is 1.69. The molecular formula is C8H11NO4S. The molecule has 0 spiro atoms. The standard InChI is InChI=1S/C8H11NO4S/c10-8(9-6-14(11,12)13)5-7-3-1-2-4-7/h1-3H,4-6H2,(H,9,10)(H,11,12,13). The summed E-state index contributed by atoms with van der Waals surface area (Å²) < 4.78 is 28.9. The summed E-state index contributed by atoms with van der Waals surface area (Å²) in [6.45, 7) is 0. The first-order chi connectivity index (χ1) is 6.47. The highest BCUT2D eigenvalue weighted by atomic mass is 32.2. The normalized spacial score (nSPS) is 15.4. The van der Waals surface area contributed by atoms with Crippen molar-refractivity contribution in [1.82, 2.24) is 5.32 Å². The van der Waals surface area contributed by atoms with Gasteiger partial charge in [0, 0.05) is 6.42 Å². The number of amides is 1. The molecule has 5 nitrogen and oxygen atoms in total. The van der Waals surface area contributed by atoms with Crippen molar-refractivity contribution in [2.45, 2.75) is 12.8 Å². The molecule has 2 N–H and O–H groups in total. The van der Waals surface area contributed by atoms with Crippen molar-refractivity contribution in [2.24, 2.45) is 0 Å². The van der Waals surface area contributed by atoms with Crippen molar-refractivity contribution in [3.05, 3.63) is 23.8 Å². The topological polar surface area (TPSA) is 83.5 Å². The molecule has 14 heavy (non-hydrogen) atoms. The Morgan fingerprint density at radius 1 is 1.57 bits per heavy atom. The van der Waals surface area contributed by atoms with E-state index >= 15 is 0 Å². The molecule has 0 aromatic heterocycles. The molecule has 6 heteroatoms. The molecular weight excluding hydrogens is 206 g/mol. The predicted molar refractivity (Wildman–Crippen MR) is 51.0 cm³/mol. The number of carbonyl (C=O) groups excluding carboxylic acids is 1. The van der Waals surface area contributed by atoms with Gasteiger partial charge in [-0.05, 0) is 6.42 Å². The lowest BCUT2D eigenvalue weighted by Gasteiger charge is -2.03. The Labute approximate surface area is 82.2 Å². The lowest BCUT2D eigenvalue weighted by atomic mass is 10.1. The molecule has 0 unspecified atom stereocenters. The average molecular weight is 217 g/mol. The Hall–Kier alpha value is -1.14. The van der Waals surface area contributed by atoms with E-state index in [0.717, 1.165) is 12.0 Å². The summed E-state index contributed by atoms with van der Waals surface area (Å²) >= 11 is 0. The molecule has 1 aliphatic carbocycles. The van der Waals surface area contributed by atoms with Crippen LogP contribution >= 0.6 is 0 Å². The van der Waals surface area contributed by atoms with Gasteiger partial charge in [-0.2, -0.15) is 8.42 Å². The molecule has 0 radical (unpaired) electrons. The average Bonchev–Trinajstić information content (AvgIpc) is 2.52. The van der Waals surface area contributed by atoms with Crippen LogP contribution in [-0.4, -0.2) is 24.8 Å². The fourth-order valence-electron chi connectivity index (χ4n) is 1.06. The molecule has 1 amide bonds. The van der Waals surface area contributed by atoms with Gasteiger partial charge in [0.15, 0.2) is 0 Å². The number of allylic oxidation sites excluding steroid dienone is 3. The lowest BCUT2D eigenvalue weighted by Crippen LogP contribution is -2.29. The molecule has 1 aliphatic rings. The Bertz CT molecular complexity index is 380. The van der Waals surface area contributed by atoms with Crippen molar-refractivity contribution in [3.63, 3.8) is 0 Å². The summed E-state index contributed by atoms with van der Waals surface area (Å²) in [7, 11) is -4.12. The van der Waals surface area contributed by atoms with Crippen LogP contribution in [0.4, 0.5) is 0 Å². The monoisotopic (exact) mass is 217 g/mol. The van der Waals surface area contributed by atoms with E-state index in [1.165, 1.54) is 0 Å². The van der Waals surface area contributed by atoms with Crippen LogP contribution in [0.15, 0.2) is 23.8 Å². The van der Waals surface area contributed by atoms with E-state index in [1.54, 1.807) is 0 Å². The zero-order valence-corrected chi connectivity index (χ0v) is 8.25. The van der Waals surface area contributed by atoms with Crippen molar-refractivity contribution >= 4 is 16.0 Å². The van der Waals surface area contributed by atoms with Crippen molar-refractivity contribution in [2.75, 3.05) is 5.88 Å². The zero-order valence-electron chi connectivity index (χ0n) is 7.43. The van der Waals surface area contributed by atoms with Gasteiger partial charge >= 0.3 is 0 Å². The molecule has 0 bridgehead atoms. The van der Waals surface area contributed by atoms with E-state index in [-0.39, 0.29) is 6.42 Å². The minimum absolute atomic E-state index is 0.169. The summed E-state index contributed by atoms with van der Waals surface area (Å²) in [4.78, 5) is 11.1. The molecule has 0 fully saturated rings. The van der Waals surface area contributed by atoms with Crippen LogP contribution in [-0.2, 0) is 14.9 Å². The van der Waals surface area contributed by atoms with E-state index in [4.69, 9.17) is 4.55 Å². The highest BCUT2D eigenvalue weighted by Gasteiger charge is 2.10. The highest BCUT2D eigenvalue weighted by Crippen LogP contribution is 2.13. The molecule has 1 rings (SSSR count). The first-order valence-electron chi connectivity index (χ1n) is 4.04. The van der Waals surface area contributed by atoms with Gasteiger partial charge in [-0.1, -0.05) is 23.8 Å². The summed E-state index contributed by atoms with van der Waals surface area (Å²) in [6, 6.07) is 0. The van der Waals surface area contributed by atoms with Crippen LogP contribution < -0.4 is 5.32 Å². The van der Waals surface area contributed by atoms with Crippen LogP contribution in [0.1, 0.15) is 12.8 Å². The smallest absolute Gasteiger partial charge is 0.283 e. The summed E-state index contributed by atoms with van der Waals surface area (Å²) in [5.74, 6) is -1.13. The SMILES string of the molecule is O=C(CC1=CC=CC1)NCS(=O)(=O)O. The molecule has 0 saturated heterocycles. The second-order valence-corrected chi connectivity index (χ2v) is 4.41. The maximum atomic E-state index is 11.1. The second-order valence-electron chi connectivity index (χ2n) is 2.96. The van der Waals surface area contributed by atoms with Gasteiger partial charge in [-0.3, -0.25) is 9.35 Å². The number of hydrogen-bond donors (Lipinski definition) is 2. The summed E-state index contributed by atoms with van der Waals surface area (Å²) in [5, 5.41) is 2.10. The van der Waals surface area contributed by atoms with Gasteiger partial charge in [0.25, 0.3) is 10.1 Å². The van der Waals surface area contributed by atoms with Gasteiger partial charge in [0.1, 0.15) is 5.88 Å². The Kier molecular flexibility index (Phi) is 3.43. The highest BCUT2D eigenvalue weighted by molar-refractivity contribution is 7.85. The maximum absolute atomic E-state index is 11.1. The lowest BCUT2D eigenvalue weighted by molar-refractivity contribution is -0.120. The third kappa shape index (κ3) is 4.20. The number of nitrogens with one attached hydrogen (secondary N) is 1. The number of hydrogen-bond acceptors (Lipinski definition) is 3. The number of carbonyl (C=O) groups is 1. The molecule has 0 aromatic carbocycles. The molecule has 0 saturated carbocycles. The van der Waals surface area contributed by atoms with Crippen LogP contribution in [0, 0.1) is 0 Å². The van der Waals surface area contributed by atoms with E-state index in [1.807, 2.05) is 18.2 Å². The largest absolute Gasteiger partial charge is 0.340 e. The molecule has 0 aliphatic heterocycles. The van der Waals surface area contributed by atoms with E-state index in [0.29, 0.717) is 0 Å². The second kappa shape index (κ2) is 4.39. The third-order valence-corrected chi connectivity index (χ3v) is 2.20.